The van der Waals surface area contributed by atoms with Gasteiger partial charge < -0.3 is 10.8 Å². The van der Waals surface area contributed by atoms with Gasteiger partial charge in [-0.3, -0.25) is 0 Å². The molecule has 0 aliphatic rings. The van der Waals surface area contributed by atoms with Crippen molar-refractivity contribution < 1.29 is 22.7 Å². The second kappa shape index (κ2) is 4.57. The molecule has 0 saturated heterocycles. The van der Waals surface area contributed by atoms with E-state index in [2.05, 4.69) is 0 Å². The zero-order valence-corrected chi connectivity index (χ0v) is 8.56. The van der Waals surface area contributed by atoms with Crippen molar-refractivity contribution in [1.29, 1.82) is 0 Å². The Kier molecular flexibility index (Phi) is 3.77. The molecule has 2 atom stereocenters. The lowest BCUT2D eigenvalue weighted by Gasteiger charge is -2.21. The van der Waals surface area contributed by atoms with E-state index in [1.165, 1.54) is 0 Å². The van der Waals surface area contributed by atoms with Crippen LogP contribution in [0.25, 0.3) is 0 Å². The molecule has 1 aromatic carbocycles. The second-order valence-electron chi connectivity index (χ2n) is 3.22. The molecule has 0 saturated carbocycles. The fourth-order valence-corrected chi connectivity index (χ4v) is 1.38. The maximum Gasteiger partial charge on any atom is 0.416 e. The second-order valence-corrected chi connectivity index (χ2v) is 3.65. The molecule has 90 valence electrons. The van der Waals surface area contributed by atoms with Gasteiger partial charge in [0, 0.05) is 5.02 Å². The molecule has 0 heterocycles. The molecular formula is C9H8ClF4NO. The van der Waals surface area contributed by atoms with Crippen LogP contribution >= 0.6 is 11.6 Å². The van der Waals surface area contributed by atoms with Crippen molar-refractivity contribution >= 4 is 11.6 Å². The first kappa shape index (κ1) is 13.2. The van der Waals surface area contributed by atoms with Crippen LogP contribution in [-0.4, -0.2) is 17.4 Å². The van der Waals surface area contributed by atoms with Crippen molar-refractivity contribution in [1.82, 2.24) is 0 Å². The average molecular weight is 258 g/mol. The number of aliphatic hydroxyl groups excluding tert-OH is 1. The number of alkyl halides is 3. The molecule has 0 amide bonds. The Labute approximate surface area is 93.6 Å². The zero-order valence-electron chi connectivity index (χ0n) is 7.80. The highest BCUT2D eigenvalue weighted by atomic mass is 35.5. The summed E-state index contributed by atoms with van der Waals surface area (Å²) in [6.45, 7) is 0. The predicted octanol–water partition coefficient (Wildman–Crippen LogP) is 2.40. The van der Waals surface area contributed by atoms with Crippen LogP contribution in [0.5, 0.6) is 0 Å². The fraction of sp³-hybridized carbons (Fsp3) is 0.333. The highest BCUT2D eigenvalue weighted by molar-refractivity contribution is 6.30. The van der Waals surface area contributed by atoms with Gasteiger partial charge in [0.2, 0.25) is 0 Å². The Morgan fingerprint density at radius 2 is 1.81 bits per heavy atom. The standard InChI is InChI=1S/C9H8ClF4NO/c10-5-1-4(2-6(11)3-5)7(15)8(16)9(12,13)14/h1-3,7-8,16H,15H2/t7-,8-/m0/s1. The lowest BCUT2D eigenvalue weighted by molar-refractivity contribution is -0.210. The third kappa shape index (κ3) is 3.07. The molecular weight excluding hydrogens is 250 g/mol. The molecule has 2 nitrogen and oxygen atoms in total. The zero-order chi connectivity index (χ0) is 12.5. The Bertz CT molecular complexity index is 362. The molecule has 0 spiro atoms. The topological polar surface area (TPSA) is 46.2 Å². The van der Waals surface area contributed by atoms with Crippen LogP contribution in [0.2, 0.25) is 5.02 Å². The van der Waals surface area contributed by atoms with E-state index >= 15 is 0 Å². The minimum Gasteiger partial charge on any atom is -0.382 e. The van der Waals surface area contributed by atoms with Crippen LogP contribution in [0.1, 0.15) is 11.6 Å². The van der Waals surface area contributed by atoms with E-state index in [0.717, 1.165) is 18.2 Å². The van der Waals surface area contributed by atoms with E-state index in [9.17, 15) is 17.6 Å². The van der Waals surface area contributed by atoms with Gasteiger partial charge >= 0.3 is 6.18 Å². The van der Waals surface area contributed by atoms with Gasteiger partial charge in [0.15, 0.2) is 6.10 Å². The SMILES string of the molecule is N[C@@H](c1cc(F)cc(Cl)c1)[C@H](O)C(F)(F)F. The summed E-state index contributed by atoms with van der Waals surface area (Å²) in [7, 11) is 0. The van der Waals surface area contributed by atoms with E-state index in [0.29, 0.717) is 0 Å². The first-order chi connectivity index (χ1) is 7.21. The monoisotopic (exact) mass is 257 g/mol. The highest BCUT2D eigenvalue weighted by Gasteiger charge is 2.42. The number of nitrogens with two attached hydrogens (primary N) is 1. The van der Waals surface area contributed by atoms with E-state index in [1.807, 2.05) is 0 Å². The van der Waals surface area contributed by atoms with Gasteiger partial charge in [-0.15, -0.1) is 0 Å². The molecule has 16 heavy (non-hydrogen) atoms. The van der Waals surface area contributed by atoms with Gasteiger partial charge in [-0.25, -0.2) is 4.39 Å². The van der Waals surface area contributed by atoms with Crippen molar-refractivity contribution in [2.24, 2.45) is 5.73 Å². The van der Waals surface area contributed by atoms with Crippen molar-refractivity contribution in [3.63, 3.8) is 0 Å². The van der Waals surface area contributed by atoms with Crippen LogP contribution in [0.15, 0.2) is 18.2 Å². The molecule has 0 unspecified atom stereocenters. The van der Waals surface area contributed by atoms with Gasteiger partial charge in [-0.2, -0.15) is 13.2 Å². The van der Waals surface area contributed by atoms with Crippen molar-refractivity contribution in [2.45, 2.75) is 18.3 Å². The van der Waals surface area contributed by atoms with Gasteiger partial charge in [0.05, 0.1) is 6.04 Å². The number of aliphatic hydroxyl groups is 1. The largest absolute Gasteiger partial charge is 0.416 e. The Balaban J connectivity index is 3.00. The van der Waals surface area contributed by atoms with Crippen molar-refractivity contribution in [3.8, 4) is 0 Å². The Morgan fingerprint density at radius 3 is 2.25 bits per heavy atom. The molecule has 7 heteroatoms. The van der Waals surface area contributed by atoms with E-state index in [1.54, 1.807) is 0 Å². The summed E-state index contributed by atoms with van der Waals surface area (Å²) >= 11 is 5.45. The van der Waals surface area contributed by atoms with Gasteiger partial charge in [0.25, 0.3) is 0 Å². The van der Waals surface area contributed by atoms with E-state index in [-0.39, 0.29) is 10.6 Å². The minimum absolute atomic E-state index is 0.0835. The van der Waals surface area contributed by atoms with Crippen LogP contribution in [-0.2, 0) is 0 Å². The molecule has 0 fully saturated rings. The van der Waals surface area contributed by atoms with E-state index < -0.39 is 24.1 Å². The summed E-state index contributed by atoms with van der Waals surface area (Å²) < 4.78 is 49.2. The number of hydrogen-bond donors (Lipinski definition) is 2. The normalized spacial score (nSPS) is 15.9. The fourth-order valence-electron chi connectivity index (χ4n) is 1.15. The smallest absolute Gasteiger partial charge is 0.382 e. The molecule has 0 aromatic heterocycles. The highest BCUT2D eigenvalue weighted by Crippen LogP contribution is 2.29. The predicted molar refractivity (Wildman–Crippen MR) is 50.4 cm³/mol. The summed E-state index contributed by atoms with van der Waals surface area (Å²) in [5.41, 5.74) is 4.95. The third-order valence-corrected chi connectivity index (χ3v) is 2.16. The lowest BCUT2D eigenvalue weighted by atomic mass is 10.0. The molecule has 0 radical (unpaired) electrons. The van der Waals surface area contributed by atoms with Crippen LogP contribution < -0.4 is 5.73 Å². The van der Waals surface area contributed by atoms with Crippen LogP contribution in [0.4, 0.5) is 17.6 Å². The minimum atomic E-state index is -4.86. The molecule has 0 aliphatic heterocycles. The Hall–Kier alpha value is -0.850. The molecule has 0 aliphatic carbocycles. The maximum absolute atomic E-state index is 12.8. The lowest BCUT2D eigenvalue weighted by Crippen LogP contribution is -2.38. The van der Waals surface area contributed by atoms with Crippen LogP contribution in [0.3, 0.4) is 0 Å². The molecule has 1 aromatic rings. The van der Waals surface area contributed by atoms with Gasteiger partial charge in [-0.1, -0.05) is 11.6 Å². The van der Waals surface area contributed by atoms with E-state index in [4.69, 9.17) is 22.4 Å². The van der Waals surface area contributed by atoms with Crippen molar-refractivity contribution in [2.75, 3.05) is 0 Å². The summed E-state index contributed by atoms with van der Waals surface area (Å²) in [4.78, 5) is 0. The summed E-state index contributed by atoms with van der Waals surface area (Å²) in [5, 5.41) is 8.79. The number of halogens is 5. The number of hydrogen-bond acceptors (Lipinski definition) is 2. The molecule has 0 bridgehead atoms. The van der Waals surface area contributed by atoms with Crippen molar-refractivity contribution in [3.05, 3.63) is 34.6 Å². The van der Waals surface area contributed by atoms with Crippen LogP contribution in [0, 0.1) is 5.82 Å². The summed E-state index contributed by atoms with van der Waals surface area (Å²) in [5.74, 6) is -0.813. The first-order valence-electron chi connectivity index (χ1n) is 4.18. The Morgan fingerprint density at radius 1 is 1.25 bits per heavy atom. The quantitative estimate of drug-likeness (QED) is 0.799. The maximum atomic E-state index is 12.8. The third-order valence-electron chi connectivity index (χ3n) is 1.95. The average Bonchev–Trinajstić information content (AvgIpc) is 2.12. The summed E-state index contributed by atoms with van der Waals surface area (Å²) in [6.07, 6.45) is -7.62. The molecule has 1 rings (SSSR count). The summed E-state index contributed by atoms with van der Waals surface area (Å²) in [6, 6.07) is 1.03. The first-order valence-corrected chi connectivity index (χ1v) is 4.56. The van der Waals surface area contributed by atoms with Gasteiger partial charge in [0.1, 0.15) is 5.82 Å². The number of benzene rings is 1. The number of rotatable bonds is 2. The van der Waals surface area contributed by atoms with Gasteiger partial charge in [-0.05, 0) is 23.8 Å². The molecule has 3 N–H and O–H groups in total.